The van der Waals surface area contributed by atoms with Gasteiger partial charge in [-0.25, -0.2) is 0 Å². The third-order valence-corrected chi connectivity index (χ3v) is 3.52. The summed E-state index contributed by atoms with van der Waals surface area (Å²) in [5, 5.41) is 13.6. The second kappa shape index (κ2) is 7.63. The molecule has 0 radical (unpaired) electrons. The van der Waals surface area contributed by atoms with Crippen LogP contribution in [0, 0.1) is 0 Å². The number of aryl methyl sites for hydroxylation is 1. The van der Waals surface area contributed by atoms with E-state index >= 15 is 0 Å². The van der Waals surface area contributed by atoms with Gasteiger partial charge in [0.15, 0.2) is 0 Å². The van der Waals surface area contributed by atoms with Crippen LogP contribution in [-0.4, -0.2) is 31.0 Å². The number of methoxy groups -OCH3 is 1. The molecule has 2 N–H and O–H groups in total. The Labute approximate surface area is 117 Å². The van der Waals surface area contributed by atoms with Crippen molar-refractivity contribution in [1.82, 2.24) is 5.32 Å². The van der Waals surface area contributed by atoms with Gasteiger partial charge in [-0.2, -0.15) is 0 Å². The van der Waals surface area contributed by atoms with Crippen LogP contribution in [0.2, 0.25) is 0 Å². The Bertz CT molecular complexity index is 360. The van der Waals surface area contributed by atoms with Crippen molar-refractivity contribution in [2.75, 3.05) is 20.3 Å². The fourth-order valence-corrected chi connectivity index (χ4v) is 1.94. The number of hydrogen-bond acceptors (Lipinski definition) is 3. The summed E-state index contributed by atoms with van der Waals surface area (Å²) in [6.45, 7) is 7.25. The van der Waals surface area contributed by atoms with Crippen LogP contribution in [-0.2, 0) is 11.2 Å². The average molecular weight is 265 g/mol. The molecule has 3 heteroatoms. The maximum absolute atomic E-state index is 10.2. The highest BCUT2D eigenvalue weighted by molar-refractivity contribution is 5.24. The van der Waals surface area contributed by atoms with E-state index in [9.17, 15) is 5.11 Å². The van der Waals surface area contributed by atoms with Crippen LogP contribution < -0.4 is 5.32 Å². The summed E-state index contributed by atoms with van der Waals surface area (Å²) in [4.78, 5) is 0. The molecule has 0 heterocycles. The van der Waals surface area contributed by atoms with Gasteiger partial charge in [0, 0.05) is 32.7 Å². The predicted molar refractivity (Wildman–Crippen MR) is 79.4 cm³/mol. The van der Waals surface area contributed by atoms with Gasteiger partial charge in [-0.15, -0.1) is 0 Å². The topological polar surface area (TPSA) is 41.5 Å². The largest absolute Gasteiger partial charge is 0.389 e. The highest BCUT2D eigenvalue weighted by Crippen LogP contribution is 2.16. The van der Waals surface area contributed by atoms with Gasteiger partial charge in [-0.1, -0.05) is 31.2 Å². The van der Waals surface area contributed by atoms with E-state index in [-0.39, 0.29) is 6.04 Å². The number of hydrogen-bond donors (Lipinski definition) is 2. The Morgan fingerprint density at radius 2 is 1.95 bits per heavy atom. The summed E-state index contributed by atoms with van der Waals surface area (Å²) in [7, 11) is 1.65. The summed E-state index contributed by atoms with van der Waals surface area (Å²) in [5.41, 5.74) is 1.87. The summed E-state index contributed by atoms with van der Waals surface area (Å²) in [5.74, 6) is 0. The Balaban J connectivity index is 2.47. The van der Waals surface area contributed by atoms with Gasteiger partial charge in [0.2, 0.25) is 0 Å². The van der Waals surface area contributed by atoms with E-state index in [2.05, 4.69) is 43.4 Å². The van der Waals surface area contributed by atoms with E-state index < -0.39 is 5.60 Å². The molecular formula is C16H27NO2. The van der Waals surface area contributed by atoms with E-state index in [4.69, 9.17) is 4.74 Å². The third-order valence-electron chi connectivity index (χ3n) is 3.52. The zero-order valence-corrected chi connectivity index (χ0v) is 12.6. The first-order valence-electron chi connectivity index (χ1n) is 7.02. The van der Waals surface area contributed by atoms with E-state index in [1.807, 2.05) is 6.92 Å². The van der Waals surface area contributed by atoms with Crippen molar-refractivity contribution in [2.45, 2.75) is 45.3 Å². The molecule has 1 aromatic rings. The maximum atomic E-state index is 10.2. The van der Waals surface area contributed by atoms with Crippen molar-refractivity contribution in [3.8, 4) is 0 Å². The van der Waals surface area contributed by atoms with Crippen LogP contribution in [0.15, 0.2) is 24.3 Å². The van der Waals surface area contributed by atoms with Crippen molar-refractivity contribution in [3.05, 3.63) is 35.4 Å². The Morgan fingerprint density at radius 1 is 1.32 bits per heavy atom. The summed E-state index contributed by atoms with van der Waals surface area (Å²) >= 11 is 0. The third kappa shape index (κ3) is 5.72. The Hall–Kier alpha value is -0.900. The van der Waals surface area contributed by atoms with Crippen molar-refractivity contribution >= 4 is 0 Å². The van der Waals surface area contributed by atoms with Crippen molar-refractivity contribution in [3.63, 3.8) is 0 Å². The second-order valence-electron chi connectivity index (χ2n) is 5.44. The van der Waals surface area contributed by atoms with E-state index in [1.165, 1.54) is 11.1 Å². The molecular weight excluding hydrogens is 238 g/mol. The maximum Gasteiger partial charge on any atom is 0.0765 e. The van der Waals surface area contributed by atoms with Gasteiger partial charge in [-0.3, -0.25) is 0 Å². The van der Waals surface area contributed by atoms with Gasteiger partial charge < -0.3 is 15.2 Å². The molecule has 3 nitrogen and oxygen atoms in total. The normalized spacial score (nSPS) is 16.1. The predicted octanol–water partition coefficient (Wildman–Crippen LogP) is 2.69. The smallest absolute Gasteiger partial charge is 0.0765 e. The van der Waals surface area contributed by atoms with Gasteiger partial charge in [0.1, 0.15) is 0 Å². The van der Waals surface area contributed by atoms with Crippen LogP contribution >= 0.6 is 0 Å². The first-order valence-corrected chi connectivity index (χ1v) is 7.02. The van der Waals surface area contributed by atoms with E-state index in [0.29, 0.717) is 19.6 Å². The first-order chi connectivity index (χ1) is 8.98. The first kappa shape index (κ1) is 16.2. The number of aliphatic hydroxyl groups is 1. The molecule has 0 aliphatic carbocycles. The number of benzene rings is 1. The van der Waals surface area contributed by atoms with Crippen LogP contribution in [0.1, 0.15) is 44.4 Å². The molecule has 0 aromatic heterocycles. The molecule has 2 atom stereocenters. The monoisotopic (exact) mass is 265 g/mol. The van der Waals surface area contributed by atoms with Crippen molar-refractivity contribution < 1.29 is 9.84 Å². The summed E-state index contributed by atoms with van der Waals surface area (Å²) < 4.78 is 5.01. The molecule has 0 saturated carbocycles. The molecule has 0 spiro atoms. The lowest BCUT2D eigenvalue weighted by atomic mass is 10.0. The Morgan fingerprint density at radius 3 is 2.47 bits per heavy atom. The molecule has 0 amide bonds. The number of rotatable bonds is 8. The zero-order valence-electron chi connectivity index (χ0n) is 12.6. The molecule has 0 aliphatic heterocycles. The van der Waals surface area contributed by atoms with Crippen LogP contribution in [0.3, 0.4) is 0 Å². The zero-order chi connectivity index (χ0) is 14.3. The van der Waals surface area contributed by atoms with Gasteiger partial charge >= 0.3 is 0 Å². The highest BCUT2D eigenvalue weighted by atomic mass is 16.5. The SMILES string of the molecule is CCc1ccc(C(C)NCC(C)(O)CCOC)cc1. The second-order valence-corrected chi connectivity index (χ2v) is 5.44. The quantitative estimate of drug-likeness (QED) is 0.759. The molecule has 108 valence electrons. The van der Waals surface area contributed by atoms with Crippen molar-refractivity contribution in [2.24, 2.45) is 0 Å². The summed E-state index contributed by atoms with van der Waals surface area (Å²) in [6.07, 6.45) is 1.70. The molecule has 19 heavy (non-hydrogen) atoms. The highest BCUT2D eigenvalue weighted by Gasteiger charge is 2.20. The molecule has 0 saturated heterocycles. The van der Waals surface area contributed by atoms with Crippen LogP contribution in [0.25, 0.3) is 0 Å². The lowest BCUT2D eigenvalue weighted by Gasteiger charge is -2.26. The average Bonchev–Trinajstić information content (AvgIpc) is 2.43. The van der Waals surface area contributed by atoms with Gasteiger partial charge in [0.25, 0.3) is 0 Å². The lowest BCUT2D eigenvalue weighted by Crippen LogP contribution is -2.39. The fourth-order valence-electron chi connectivity index (χ4n) is 1.94. The minimum atomic E-state index is -0.729. The fraction of sp³-hybridized carbons (Fsp3) is 0.625. The van der Waals surface area contributed by atoms with E-state index in [0.717, 1.165) is 6.42 Å². The van der Waals surface area contributed by atoms with Gasteiger partial charge in [-0.05, 0) is 31.4 Å². The molecule has 0 fully saturated rings. The molecule has 1 rings (SSSR count). The van der Waals surface area contributed by atoms with Crippen LogP contribution in [0.5, 0.6) is 0 Å². The van der Waals surface area contributed by atoms with Crippen molar-refractivity contribution in [1.29, 1.82) is 0 Å². The number of ether oxygens (including phenoxy) is 1. The summed E-state index contributed by atoms with van der Waals surface area (Å²) in [6, 6.07) is 8.87. The van der Waals surface area contributed by atoms with Gasteiger partial charge in [0.05, 0.1) is 5.60 Å². The van der Waals surface area contributed by atoms with E-state index in [1.54, 1.807) is 7.11 Å². The molecule has 0 bridgehead atoms. The minimum absolute atomic E-state index is 0.236. The standard InChI is InChI=1S/C16H27NO2/c1-5-14-6-8-15(9-7-14)13(2)17-12-16(3,18)10-11-19-4/h6-9,13,17-18H,5,10-12H2,1-4H3. The van der Waals surface area contributed by atoms with Crippen LogP contribution in [0.4, 0.5) is 0 Å². The molecule has 0 aliphatic rings. The molecule has 1 aromatic carbocycles. The Kier molecular flexibility index (Phi) is 6.49. The molecule has 2 unspecified atom stereocenters. The number of nitrogens with one attached hydrogen (secondary N) is 1. The minimum Gasteiger partial charge on any atom is -0.389 e. The lowest BCUT2D eigenvalue weighted by molar-refractivity contribution is 0.0231.